The number of hydrogen-bond acceptors (Lipinski definition) is 2. The molecule has 1 atom stereocenters. The van der Waals surface area contributed by atoms with Crippen LogP contribution >= 0.6 is 0 Å². The Morgan fingerprint density at radius 2 is 2.20 bits per heavy atom. The number of carbonyl (C=O) groups is 1. The van der Waals surface area contributed by atoms with E-state index in [9.17, 15) is 18.0 Å². The summed E-state index contributed by atoms with van der Waals surface area (Å²) in [5.74, 6) is -1.76. The number of alkyl halides is 3. The molecule has 15 heavy (non-hydrogen) atoms. The fraction of sp³-hybridized carbons (Fsp3) is 0.889. The molecule has 1 amide bonds. The van der Waals surface area contributed by atoms with Crippen LogP contribution in [-0.4, -0.2) is 42.8 Å². The molecular weight excluding hydrogens is 211 g/mol. The Morgan fingerprint density at radius 3 is 2.73 bits per heavy atom. The van der Waals surface area contributed by atoms with E-state index in [1.165, 1.54) is 0 Å². The topological polar surface area (TPSA) is 29.5 Å². The molecule has 6 heteroatoms. The largest absolute Gasteiger partial charge is 0.471 e. The van der Waals surface area contributed by atoms with Crippen LogP contribution in [0, 0.1) is 0 Å². The lowest BCUT2D eigenvalue weighted by Gasteiger charge is -2.32. The third-order valence-corrected chi connectivity index (χ3v) is 2.31. The first-order valence-corrected chi connectivity index (χ1v) is 4.93. The van der Waals surface area contributed by atoms with Gasteiger partial charge in [-0.25, -0.2) is 0 Å². The zero-order valence-corrected chi connectivity index (χ0v) is 8.51. The van der Waals surface area contributed by atoms with Gasteiger partial charge in [0.1, 0.15) is 0 Å². The zero-order valence-electron chi connectivity index (χ0n) is 8.51. The van der Waals surface area contributed by atoms with Gasteiger partial charge in [0.25, 0.3) is 0 Å². The number of likely N-dealkylation sites (tertiary alicyclic amines) is 1. The minimum absolute atomic E-state index is 0.0478. The summed E-state index contributed by atoms with van der Waals surface area (Å²) < 4.78 is 41.6. The van der Waals surface area contributed by atoms with Crippen LogP contribution in [0.4, 0.5) is 13.2 Å². The van der Waals surface area contributed by atoms with Crippen LogP contribution < -0.4 is 0 Å². The van der Waals surface area contributed by atoms with E-state index in [-0.39, 0.29) is 19.2 Å². The van der Waals surface area contributed by atoms with Crippen LogP contribution in [0.2, 0.25) is 0 Å². The van der Waals surface area contributed by atoms with E-state index in [2.05, 4.69) is 0 Å². The third-order valence-electron chi connectivity index (χ3n) is 2.31. The van der Waals surface area contributed by atoms with Crippen molar-refractivity contribution in [3.63, 3.8) is 0 Å². The van der Waals surface area contributed by atoms with Gasteiger partial charge in [-0.1, -0.05) is 0 Å². The first-order valence-electron chi connectivity index (χ1n) is 4.93. The highest BCUT2D eigenvalue weighted by molar-refractivity contribution is 5.81. The van der Waals surface area contributed by atoms with Crippen LogP contribution in [0.25, 0.3) is 0 Å². The molecule has 0 aromatic carbocycles. The van der Waals surface area contributed by atoms with Crippen molar-refractivity contribution in [1.29, 1.82) is 0 Å². The Kier molecular flexibility index (Phi) is 3.96. The molecular formula is C9H14F3NO2. The van der Waals surface area contributed by atoms with Crippen LogP contribution in [-0.2, 0) is 9.53 Å². The maximum Gasteiger partial charge on any atom is 0.471 e. The van der Waals surface area contributed by atoms with Crippen molar-refractivity contribution in [2.24, 2.45) is 0 Å². The van der Waals surface area contributed by atoms with E-state index < -0.39 is 12.1 Å². The van der Waals surface area contributed by atoms with E-state index in [4.69, 9.17) is 4.74 Å². The van der Waals surface area contributed by atoms with Crippen molar-refractivity contribution in [2.75, 3.05) is 19.7 Å². The average Bonchev–Trinajstić information content (AvgIpc) is 2.16. The minimum Gasteiger partial charge on any atom is -0.377 e. The van der Waals surface area contributed by atoms with Crippen LogP contribution in [0.1, 0.15) is 19.8 Å². The van der Waals surface area contributed by atoms with Crippen molar-refractivity contribution < 1.29 is 22.7 Å². The molecule has 1 unspecified atom stereocenters. The quantitative estimate of drug-likeness (QED) is 0.714. The summed E-state index contributed by atoms with van der Waals surface area (Å²) in [6.07, 6.45) is -3.74. The Bertz CT molecular complexity index is 228. The van der Waals surface area contributed by atoms with Crippen LogP contribution in [0.5, 0.6) is 0 Å². The van der Waals surface area contributed by atoms with Crippen molar-refractivity contribution in [3.8, 4) is 0 Å². The molecule has 0 aromatic rings. The van der Waals surface area contributed by atoms with Crippen molar-refractivity contribution >= 4 is 5.91 Å². The molecule has 1 aliphatic heterocycles. The van der Waals surface area contributed by atoms with Gasteiger partial charge in [0, 0.05) is 19.7 Å². The molecule has 0 aromatic heterocycles. The third kappa shape index (κ3) is 3.37. The fourth-order valence-electron chi connectivity index (χ4n) is 1.67. The zero-order chi connectivity index (χ0) is 11.5. The molecule has 0 aliphatic carbocycles. The maximum absolute atomic E-state index is 12.1. The van der Waals surface area contributed by atoms with Gasteiger partial charge in [-0.2, -0.15) is 13.2 Å². The SMILES string of the molecule is CCOC1CCCN(C(=O)C(F)(F)F)C1. The molecule has 1 aliphatic rings. The summed E-state index contributed by atoms with van der Waals surface area (Å²) in [5.41, 5.74) is 0. The van der Waals surface area contributed by atoms with Gasteiger partial charge in [0.15, 0.2) is 0 Å². The second kappa shape index (κ2) is 4.83. The highest BCUT2D eigenvalue weighted by Crippen LogP contribution is 2.22. The average molecular weight is 225 g/mol. The normalized spacial score (nSPS) is 22.9. The summed E-state index contributed by atoms with van der Waals surface area (Å²) in [6, 6.07) is 0. The minimum atomic E-state index is -4.77. The van der Waals surface area contributed by atoms with Crippen molar-refractivity contribution in [1.82, 2.24) is 4.90 Å². The Hall–Kier alpha value is -0.780. The molecule has 0 radical (unpaired) electrons. The molecule has 0 N–H and O–H groups in total. The summed E-state index contributed by atoms with van der Waals surface area (Å²) >= 11 is 0. The monoisotopic (exact) mass is 225 g/mol. The lowest BCUT2D eigenvalue weighted by molar-refractivity contribution is -0.188. The summed E-state index contributed by atoms with van der Waals surface area (Å²) in [5, 5.41) is 0. The molecule has 0 spiro atoms. The number of piperidine rings is 1. The van der Waals surface area contributed by atoms with Gasteiger partial charge in [-0.3, -0.25) is 4.79 Å². The highest BCUT2D eigenvalue weighted by atomic mass is 19.4. The Balaban J connectivity index is 2.52. The van der Waals surface area contributed by atoms with Gasteiger partial charge < -0.3 is 9.64 Å². The lowest BCUT2D eigenvalue weighted by Crippen LogP contribution is -2.48. The van der Waals surface area contributed by atoms with Crippen molar-refractivity contribution in [2.45, 2.75) is 32.0 Å². The smallest absolute Gasteiger partial charge is 0.377 e. The predicted octanol–water partition coefficient (Wildman–Crippen LogP) is 1.58. The molecule has 3 nitrogen and oxygen atoms in total. The highest BCUT2D eigenvalue weighted by Gasteiger charge is 2.43. The van der Waals surface area contributed by atoms with Gasteiger partial charge >= 0.3 is 12.1 Å². The van der Waals surface area contributed by atoms with Crippen LogP contribution in [0.15, 0.2) is 0 Å². The summed E-state index contributed by atoms with van der Waals surface area (Å²) in [7, 11) is 0. The van der Waals surface area contributed by atoms with E-state index >= 15 is 0 Å². The summed E-state index contributed by atoms with van der Waals surface area (Å²) in [6.45, 7) is 2.46. The summed E-state index contributed by atoms with van der Waals surface area (Å²) in [4.78, 5) is 11.7. The lowest BCUT2D eigenvalue weighted by atomic mass is 10.1. The van der Waals surface area contributed by atoms with Gasteiger partial charge in [-0.05, 0) is 19.8 Å². The number of hydrogen-bond donors (Lipinski definition) is 0. The number of amides is 1. The number of rotatable bonds is 2. The second-order valence-corrected chi connectivity index (χ2v) is 3.47. The number of carbonyl (C=O) groups excluding carboxylic acids is 1. The Morgan fingerprint density at radius 1 is 1.53 bits per heavy atom. The molecule has 1 saturated heterocycles. The molecule has 1 rings (SSSR count). The predicted molar refractivity (Wildman–Crippen MR) is 47.3 cm³/mol. The first-order chi connectivity index (χ1) is 6.95. The fourth-order valence-corrected chi connectivity index (χ4v) is 1.67. The first kappa shape index (κ1) is 12.3. The maximum atomic E-state index is 12.1. The molecule has 0 bridgehead atoms. The number of halogens is 3. The van der Waals surface area contributed by atoms with E-state index in [1.54, 1.807) is 6.92 Å². The molecule has 1 fully saturated rings. The Labute approximate surface area is 86.2 Å². The molecule has 0 saturated carbocycles. The van der Waals surface area contributed by atoms with Crippen LogP contribution in [0.3, 0.4) is 0 Å². The number of ether oxygens (including phenoxy) is 1. The van der Waals surface area contributed by atoms with Gasteiger partial charge in [0.05, 0.1) is 6.10 Å². The second-order valence-electron chi connectivity index (χ2n) is 3.47. The van der Waals surface area contributed by atoms with E-state index in [0.29, 0.717) is 13.0 Å². The van der Waals surface area contributed by atoms with Crippen molar-refractivity contribution in [3.05, 3.63) is 0 Å². The van der Waals surface area contributed by atoms with Gasteiger partial charge in [0.2, 0.25) is 0 Å². The standard InChI is InChI=1S/C9H14F3NO2/c1-2-15-7-4-3-5-13(6-7)8(14)9(10,11)12/h7H,2-6H2,1H3. The molecule has 88 valence electrons. The van der Waals surface area contributed by atoms with E-state index in [0.717, 1.165) is 11.3 Å². The molecule has 1 heterocycles. The number of nitrogens with zero attached hydrogens (tertiary/aromatic N) is 1. The van der Waals surface area contributed by atoms with Gasteiger partial charge in [-0.15, -0.1) is 0 Å². The van der Waals surface area contributed by atoms with E-state index in [1.807, 2.05) is 0 Å².